The fourth-order valence-corrected chi connectivity index (χ4v) is 1.61. The topological polar surface area (TPSA) is 23.5 Å². The van der Waals surface area contributed by atoms with Gasteiger partial charge in [-0.3, -0.25) is 0 Å². The maximum atomic E-state index is 9.53. The Labute approximate surface area is 62.8 Å². The lowest BCUT2D eigenvalue weighted by atomic mass is 9.81. The smallest absolute Gasteiger partial charge is 0.0615 e. The summed E-state index contributed by atoms with van der Waals surface area (Å²) >= 11 is 0. The molecule has 0 aromatic carbocycles. The molecule has 1 N–H and O–H groups in total. The van der Waals surface area contributed by atoms with Gasteiger partial charge in [0, 0.05) is 18.5 Å². The molecule has 1 fully saturated rings. The number of rotatable bonds is 0. The summed E-state index contributed by atoms with van der Waals surface area (Å²) in [5.41, 5.74) is 0.0903. The van der Waals surface area contributed by atoms with Crippen molar-refractivity contribution in [2.24, 2.45) is 5.41 Å². The van der Waals surface area contributed by atoms with Gasteiger partial charge in [0.1, 0.15) is 0 Å². The number of nitrogens with zero attached hydrogens (tertiary/aromatic N) is 1. The normalized spacial score (nSPS) is 34.2. The number of aliphatic hydroxyl groups is 1. The number of hydrogen-bond acceptors (Lipinski definition) is 2. The first-order chi connectivity index (χ1) is 4.52. The van der Waals surface area contributed by atoms with Gasteiger partial charge >= 0.3 is 0 Å². The quantitative estimate of drug-likeness (QED) is 0.540. The van der Waals surface area contributed by atoms with Crippen LogP contribution in [0.15, 0.2) is 0 Å². The highest BCUT2D eigenvalue weighted by atomic mass is 16.3. The predicted molar refractivity (Wildman–Crippen MR) is 41.9 cm³/mol. The Balaban J connectivity index is 2.55. The molecule has 0 unspecified atom stereocenters. The van der Waals surface area contributed by atoms with Crippen LogP contribution in [0.1, 0.15) is 20.3 Å². The zero-order valence-electron chi connectivity index (χ0n) is 7.09. The van der Waals surface area contributed by atoms with Crippen molar-refractivity contribution in [3.8, 4) is 0 Å². The molecule has 2 nitrogen and oxygen atoms in total. The molecule has 0 aromatic heterocycles. The van der Waals surface area contributed by atoms with Crippen LogP contribution < -0.4 is 0 Å². The Morgan fingerprint density at radius 1 is 1.50 bits per heavy atom. The van der Waals surface area contributed by atoms with Gasteiger partial charge in [-0.05, 0) is 13.5 Å². The van der Waals surface area contributed by atoms with Gasteiger partial charge in [0.05, 0.1) is 6.10 Å². The van der Waals surface area contributed by atoms with Crippen LogP contribution in [0.4, 0.5) is 0 Å². The van der Waals surface area contributed by atoms with Gasteiger partial charge in [0.15, 0.2) is 0 Å². The van der Waals surface area contributed by atoms with Crippen molar-refractivity contribution in [2.75, 3.05) is 20.1 Å². The van der Waals surface area contributed by atoms with E-state index in [1.165, 1.54) is 0 Å². The van der Waals surface area contributed by atoms with Crippen LogP contribution in [0.3, 0.4) is 0 Å². The first kappa shape index (κ1) is 8.02. The van der Waals surface area contributed by atoms with Crippen LogP contribution in [0.25, 0.3) is 0 Å². The molecular formula is C8H17NO. The van der Waals surface area contributed by atoms with Crippen molar-refractivity contribution < 1.29 is 5.11 Å². The van der Waals surface area contributed by atoms with E-state index in [-0.39, 0.29) is 11.5 Å². The highest BCUT2D eigenvalue weighted by Gasteiger charge is 2.32. The zero-order chi connectivity index (χ0) is 7.78. The van der Waals surface area contributed by atoms with Gasteiger partial charge in [0.2, 0.25) is 0 Å². The fraction of sp³-hybridized carbons (Fsp3) is 1.00. The third kappa shape index (κ3) is 1.50. The predicted octanol–water partition coefficient (Wildman–Crippen LogP) is 0.709. The first-order valence-electron chi connectivity index (χ1n) is 3.89. The molecule has 0 spiro atoms. The summed E-state index contributed by atoms with van der Waals surface area (Å²) in [7, 11) is 2.10. The van der Waals surface area contributed by atoms with Crippen molar-refractivity contribution in [1.82, 2.24) is 4.90 Å². The molecule has 1 saturated heterocycles. The minimum absolute atomic E-state index is 0.0903. The zero-order valence-corrected chi connectivity index (χ0v) is 7.09. The Morgan fingerprint density at radius 2 is 2.10 bits per heavy atom. The van der Waals surface area contributed by atoms with Crippen molar-refractivity contribution in [1.29, 1.82) is 0 Å². The molecule has 1 rings (SSSR count). The van der Waals surface area contributed by atoms with Crippen molar-refractivity contribution >= 4 is 0 Å². The molecule has 1 heterocycles. The molecule has 0 aromatic rings. The molecule has 1 aliphatic rings. The summed E-state index contributed by atoms with van der Waals surface area (Å²) in [6.07, 6.45) is 0.812. The molecule has 1 aliphatic heterocycles. The van der Waals surface area contributed by atoms with Crippen LogP contribution >= 0.6 is 0 Å². The third-order valence-corrected chi connectivity index (χ3v) is 2.36. The fourth-order valence-electron chi connectivity index (χ4n) is 1.61. The second kappa shape index (κ2) is 2.51. The Kier molecular flexibility index (Phi) is 2.02. The van der Waals surface area contributed by atoms with Crippen molar-refractivity contribution in [3.63, 3.8) is 0 Å². The van der Waals surface area contributed by atoms with Crippen LogP contribution in [-0.4, -0.2) is 36.2 Å². The maximum absolute atomic E-state index is 9.53. The first-order valence-corrected chi connectivity index (χ1v) is 3.89. The number of likely N-dealkylation sites (tertiary alicyclic amines) is 1. The summed E-state index contributed by atoms with van der Waals surface area (Å²) in [5.74, 6) is 0. The van der Waals surface area contributed by atoms with Gasteiger partial charge in [-0.15, -0.1) is 0 Å². The lowest BCUT2D eigenvalue weighted by Crippen LogP contribution is -2.46. The van der Waals surface area contributed by atoms with Gasteiger partial charge < -0.3 is 10.0 Å². The SMILES string of the molecule is CN1CC[C@@H](O)C(C)(C)C1. The molecule has 10 heavy (non-hydrogen) atoms. The number of piperidine rings is 1. The summed E-state index contributed by atoms with van der Waals surface area (Å²) in [4.78, 5) is 2.27. The van der Waals surface area contributed by atoms with E-state index in [4.69, 9.17) is 0 Å². The van der Waals surface area contributed by atoms with Gasteiger partial charge in [-0.1, -0.05) is 13.8 Å². The van der Waals surface area contributed by atoms with E-state index in [0.717, 1.165) is 19.5 Å². The van der Waals surface area contributed by atoms with Crippen LogP contribution in [0, 0.1) is 5.41 Å². The van der Waals surface area contributed by atoms with E-state index in [1.54, 1.807) is 0 Å². The highest BCUT2D eigenvalue weighted by Crippen LogP contribution is 2.27. The average Bonchev–Trinajstić information content (AvgIpc) is 1.78. The van der Waals surface area contributed by atoms with Gasteiger partial charge in [-0.25, -0.2) is 0 Å². The van der Waals surface area contributed by atoms with Crippen LogP contribution in [0.5, 0.6) is 0 Å². The monoisotopic (exact) mass is 143 g/mol. The summed E-state index contributed by atoms with van der Waals surface area (Å²) < 4.78 is 0. The Morgan fingerprint density at radius 3 is 2.50 bits per heavy atom. The number of hydrogen-bond donors (Lipinski definition) is 1. The molecule has 0 aliphatic carbocycles. The summed E-state index contributed by atoms with van der Waals surface area (Å²) in [6.45, 7) is 6.28. The van der Waals surface area contributed by atoms with E-state index in [0.29, 0.717) is 0 Å². The minimum Gasteiger partial charge on any atom is -0.392 e. The summed E-state index contributed by atoms with van der Waals surface area (Å²) in [5, 5.41) is 9.53. The molecule has 2 heteroatoms. The largest absolute Gasteiger partial charge is 0.392 e. The van der Waals surface area contributed by atoms with Gasteiger partial charge in [0.25, 0.3) is 0 Å². The Hall–Kier alpha value is -0.0800. The minimum atomic E-state index is -0.108. The van der Waals surface area contributed by atoms with Crippen molar-refractivity contribution in [2.45, 2.75) is 26.4 Å². The molecule has 0 bridgehead atoms. The molecular weight excluding hydrogens is 126 g/mol. The molecule has 0 radical (unpaired) electrons. The van der Waals surface area contributed by atoms with E-state index in [1.807, 2.05) is 0 Å². The van der Waals surface area contributed by atoms with E-state index >= 15 is 0 Å². The van der Waals surface area contributed by atoms with Crippen molar-refractivity contribution in [3.05, 3.63) is 0 Å². The molecule has 1 atom stereocenters. The lowest BCUT2D eigenvalue weighted by Gasteiger charge is -2.40. The number of aliphatic hydroxyl groups excluding tert-OH is 1. The van der Waals surface area contributed by atoms with E-state index in [2.05, 4.69) is 25.8 Å². The third-order valence-electron chi connectivity index (χ3n) is 2.36. The second-order valence-corrected chi connectivity index (χ2v) is 4.03. The standard InChI is InChI=1S/C8H17NO/c1-8(2)6-9(3)5-4-7(8)10/h7,10H,4-6H2,1-3H3/t7-/m1/s1. The van der Waals surface area contributed by atoms with Crippen LogP contribution in [-0.2, 0) is 0 Å². The van der Waals surface area contributed by atoms with E-state index < -0.39 is 0 Å². The lowest BCUT2D eigenvalue weighted by molar-refractivity contribution is -0.0162. The highest BCUT2D eigenvalue weighted by molar-refractivity contribution is 4.85. The molecule has 0 amide bonds. The van der Waals surface area contributed by atoms with Crippen LogP contribution in [0.2, 0.25) is 0 Å². The maximum Gasteiger partial charge on any atom is 0.0615 e. The second-order valence-electron chi connectivity index (χ2n) is 4.03. The Bertz CT molecular complexity index is 122. The molecule has 60 valence electrons. The average molecular weight is 143 g/mol. The van der Waals surface area contributed by atoms with Gasteiger partial charge in [-0.2, -0.15) is 0 Å². The van der Waals surface area contributed by atoms with E-state index in [9.17, 15) is 5.11 Å². The molecule has 0 saturated carbocycles. The summed E-state index contributed by atoms with van der Waals surface area (Å²) in [6, 6.07) is 0.